The average molecular weight is 431 g/mol. The van der Waals surface area contributed by atoms with Gasteiger partial charge in [-0.3, -0.25) is 9.78 Å². The number of ether oxygens (including phenoxy) is 2. The monoisotopic (exact) mass is 431 g/mol. The molecule has 1 fully saturated rings. The number of nitrogens with zero attached hydrogens (tertiary/aromatic N) is 2. The van der Waals surface area contributed by atoms with Gasteiger partial charge in [-0.2, -0.15) is 0 Å². The lowest BCUT2D eigenvalue weighted by Crippen LogP contribution is -2.48. The van der Waals surface area contributed by atoms with Gasteiger partial charge in [-0.15, -0.1) is 0 Å². The van der Waals surface area contributed by atoms with Crippen LogP contribution >= 0.6 is 0 Å². The lowest BCUT2D eigenvalue weighted by atomic mass is 9.85. The Morgan fingerprint density at radius 1 is 1.32 bits per heavy atom. The fourth-order valence-corrected chi connectivity index (χ4v) is 4.16. The molecule has 1 aliphatic carbocycles. The van der Waals surface area contributed by atoms with Crippen molar-refractivity contribution in [2.75, 3.05) is 19.1 Å². The van der Waals surface area contributed by atoms with E-state index in [-0.39, 0.29) is 30.5 Å². The molecule has 1 saturated carbocycles. The van der Waals surface area contributed by atoms with Gasteiger partial charge < -0.3 is 24.8 Å². The van der Waals surface area contributed by atoms with E-state index < -0.39 is 29.0 Å². The molecule has 0 bridgehead atoms. The number of nitrogens with one attached hydrogen (secondary N) is 1. The van der Waals surface area contributed by atoms with Crippen LogP contribution in [0.1, 0.15) is 29.7 Å². The molecule has 164 valence electrons. The normalized spacial score (nSPS) is 18.4. The highest BCUT2D eigenvalue weighted by Gasteiger charge is 2.57. The van der Waals surface area contributed by atoms with Gasteiger partial charge in [0.1, 0.15) is 11.9 Å². The number of aliphatic hydroxyl groups is 1. The first-order chi connectivity index (χ1) is 14.9. The summed E-state index contributed by atoms with van der Waals surface area (Å²) in [5, 5.41) is 13.9. The molecule has 1 aromatic carbocycles. The predicted octanol–water partition coefficient (Wildman–Crippen LogP) is 2.55. The lowest BCUT2D eigenvalue weighted by molar-refractivity contribution is -0.116. The number of fused-ring (bicyclic) bond motifs is 2. The van der Waals surface area contributed by atoms with Crippen LogP contribution in [0.4, 0.5) is 14.5 Å². The number of amides is 1. The van der Waals surface area contributed by atoms with Gasteiger partial charge in [0.25, 0.3) is 0 Å². The number of benzene rings is 1. The standard InChI is InChI=1S/C22H23F2N3O4/c1-4-17(28)26-10-13-7-14-12(9-25-13)11-27(21(29)22(14)5-6-22)20-18(23)15(30-2)8-16(31-3)19(20)24/h4,7-9,21,29H,1,5-6,10-11H2,2-3H3,(H,26,28). The van der Waals surface area contributed by atoms with Gasteiger partial charge >= 0.3 is 0 Å². The zero-order chi connectivity index (χ0) is 22.3. The summed E-state index contributed by atoms with van der Waals surface area (Å²) < 4.78 is 40.3. The molecule has 2 heterocycles. The molecule has 1 unspecified atom stereocenters. The lowest BCUT2D eigenvalue weighted by Gasteiger charge is -2.41. The summed E-state index contributed by atoms with van der Waals surface area (Å²) in [6.07, 6.45) is 2.96. The molecule has 1 spiro atoms. The van der Waals surface area contributed by atoms with Crippen molar-refractivity contribution < 1.29 is 28.2 Å². The van der Waals surface area contributed by atoms with Crippen molar-refractivity contribution in [3.05, 3.63) is 59.4 Å². The van der Waals surface area contributed by atoms with E-state index >= 15 is 8.78 Å². The largest absolute Gasteiger partial charge is 0.493 e. The van der Waals surface area contributed by atoms with Crippen molar-refractivity contribution in [2.45, 2.75) is 37.6 Å². The zero-order valence-corrected chi connectivity index (χ0v) is 17.2. The summed E-state index contributed by atoms with van der Waals surface area (Å²) >= 11 is 0. The number of hydrogen-bond acceptors (Lipinski definition) is 6. The molecule has 2 aliphatic rings. The van der Waals surface area contributed by atoms with Crippen molar-refractivity contribution in [3.63, 3.8) is 0 Å². The topological polar surface area (TPSA) is 83.9 Å². The SMILES string of the molecule is C=CC(=O)NCc1cc2c(cn1)CN(c1c(F)c(OC)cc(OC)c1F)C(O)C21CC1. The van der Waals surface area contributed by atoms with Gasteiger partial charge in [0, 0.05) is 24.2 Å². The molecular weight excluding hydrogens is 408 g/mol. The molecule has 0 saturated heterocycles. The Labute approximate surface area is 178 Å². The van der Waals surface area contributed by atoms with E-state index in [9.17, 15) is 9.90 Å². The third kappa shape index (κ3) is 3.38. The van der Waals surface area contributed by atoms with E-state index in [1.165, 1.54) is 25.2 Å². The van der Waals surface area contributed by atoms with E-state index in [4.69, 9.17) is 9.47 Å². The van der Waals surface area contributed by atoms with Gasteiger partial charge in [0.15, 0.2) is 23.1 Å². The van der Waals surface area contributed by atoms with E-state index in [1.54, 1.807) is 6.20 Å². The maximum atomic E-state index is 15.1. The third-order valence-corrected chi connectivity index (χ3v) is 5.97. The number of aliphatic hydroxyl groups excluding tert-OH is 1. The number of methoxy groups -OCH3 is 2. The van der Waals surface area contributed by atoms with Gasteiger partial charge in [-0.1, -0.05) is 6.58 Å². The fraction of sp³-hybridized carbons (Fsp3) is 0.364. The Bertz CT molecular complexity index is 1030. The minimum atomic E-state index is -1.15. The van der Waals surface area contributed by atoms with E-state index in [0.29, 0.717) is 18.5 Å². The average Bonchev–Trinajstić information content (AvgIpc) is 3.57. The minimum Gasteiger partial charge on any atom is -0.493 e. The van der Waals surface area contributed by atoms with E-state index in [0.717, 1.165) is 17.2 Å². The number of aromatic nitrogens is 1. The van der Waals surface area contributed by atoms with Crippen LogP contribution in [0.25, 0.3) is 0 Å². The molecule has 2 N–H and O–H groups in total. The quantitative estimate of drug-likeness (QED) is 0.684. The highest BCUT2D eigenvalue weighted by Crippen LogP contribution is 2.57. The Morgan fingerprint density at radius 2 is 1.97 bits per heavy atom. The van der Waals surface area contributed by atoms with Crippen LogP contribution in [-0.4, -0.2) is 36.4 Å². The van der Waals surface area contributed by atoms with Crippen LogP contribution in [0.5, 0.6) is 11.5 Å². The summed E-state index contributed by atoms with van der Waals surface area (Å²) in [6.45, 7) is 3.67. The molecule has 1 atom stereocenters. The molecule has 31 heavy (non-hydrogen) atoms. The highest BCUT2D eigenvalue weighted by molar-refractivity contribution is 5.86. The smallest absolute Gasteiger partial charge is 0.243 e. The van der Waals surface area contributed by atoms with Crippen LogP contribution in [0.2, 0.25) is 0 Å². The first-order valence-corrected chi connectivity index (χ1v) is 9.79. The van der Waals surface area contributed by atoms with Gasteiger partial charge in [-0.05, 0) is 36.1 Å². The van der Waals surface area contributed by atoms with Crippen LogP contribution in [0.15, 0.2) is 31.0 Å². The number of carbonyl (C=O) groups excluding carboxylic acids is 1. The second kappa shape index (κ2) is 7.81. The molecule has 9 heteroatoms. The molecule has 1 aliphatic heterocycles. The Morgan fingerprint density at radius 3 is 2.52 bits per heavy atom. The minimum absolute atomic E-state index is 0.0503. The maximum Gasteiger partial charge on any atom is 0.243 e. The van der Waals surface area contributed by atoms with E-state index in [1.807, 2.05) is 6.07 Å². The van der Waals surface area contributed by atoms with E-state index in [2.05, 4.69) is 16.9 Å². The molecule has 0 radical (unpaired) electrons. The number of halogens is 2. The molecular formula is C22H23F2N3O4. The van der Waals surface area contributed by atoms with Crippen LogP contribution in [-0.2, 0) is 23.3 Å². The van der Waals surface area contributed by atoms with Crippen molar-refractivity contribution in [1.29, 1.82) is 0 Å². The van der Waals surface area contributed by atoms with Gasteiger partial charge in [0.2, 0.25) is 5.91 Å². The van der Waals surface area contributed by atoms with Crippen molar-refractivity contribution in [2.24, 2.45) is 0 Å². The van der Waals surface area contributed by atoms with Crippen LogP contribution < -0.4 is 19.7 Å². The zero-order valence-electron chi connectivity index (χ0n) is 17.2. The first-order valence-electron chi connectivity index (χ1n) is 9.79. The summed E-state index contributed by atoms with van der Waals surface area (Å²) in [4.78, 5) is 17.1. The van der Waals surface area contributed by atoms with Crippen LogP contribution in [0.3, 0.4) is 0 Å². The summed E-state index contributed by atoms with van der Waals surface area (Å²) in [5.74, 6) is -2.48. The summed E-state index contributed by atoms with van der Waals surface area (Å²) in [5.41, 5.74) is 1.19. The first kappa shape index (κ1) is 21.0. The van der Waals surface area contributed by atoms with Crippen molar-refractivity contribution in [3.8, 4) is 11.5 Å². The van der Waals surface area contributed by atoms with Gasteiger partial charge in [0.05, 0.1) is 26.5 Å². The van der Waals surface area contributed by atoms with Gasteiger partial charge in [-0.25, -0.2) is 8.78 Å². The third-order valence-electron chi connectivity index (χ3n) is 5.97. The molecule has 7 nitrogen and oxygen atoms in total. The molecule has 1 aromatic heterocycles. The summed E-state index contributed by atoms with van der Waals surface area (Å²) in [7, 11) is 2.56. The van der Waals surface area contributed by atoms with Crippen molar-refractivity contribution in [1.82, 2.24) is 10.3 Å². The molecule has 1 amide bonds. The number of anilines is 1. The van der Waals surface area contributed by atoms with Crippen molar-refractivity contribution >= 4 is 11.6 Å². The Hall–Kier alpha value is -3.20. The second-order valence-corrected chi connectivity index (χ2v) is 7.67. The second-order valence-electron chi connectivity index (χ2n) is 7.67. The number of carbonyl (C=O) groups is 1. The number of hydrogen-bond donors (Lipinski definition) is 2. The molecule has 4 rings (SSSR count). The Balaban J connectivity index is 1.75. The number of pyridine rings is 1. The van der Waals surface area contributed by atoms with Crippen LogP contribution in [0, 0.1) is 11.6 Å². The Kier molecular flexibility index (Phi) is 5.30. The maximum absolute atomic E-state index is 15.1. The predicted molar refractivity (Wildman–Crippen MR) is 109 cm³/mol. The number of rotatable bonds is 6. The highest BCUT2D eigenvalue weighted by atomic mass is 19.1. The summed E-state index contributed by atoms with van der Waals surface area (Å²) in [6, 6.07) is 2.97. The molecule has 2 aromatic rings. The fourth-order valence-electron chi connectivity index (χ4n) is 4.16.